The molecule has 9 heteroatoms. The van der Waals surface area contributed by atoms with Crippen LogP contribution in [-0.4, -0.2) is 53.3 Å². The quantitative estimate of drug-likeness (QED) is 0.865. The van der Waals surface area contributed by atoms with Crippen molar-refractivity contribution in [2.45, 2.75) is 44.9 Å². The average Bonchev–Trinajstić information content (AvgIpc) is 2.77. The number of halogens is 3. The van der Waals surface area contributed by atoms with Crippen LogP contribution in [0.1, 0.15) is 20.8 Å². The summed E-state index contributed by atoms with van der Waals surface area (Å²) in [6.07, 6.45) is -6.20. The summed E-state index contributed by atoms with van der Waals surface area (Å²) in [5.74, 6) is -0.367. The highest BCUT2D eigenvalue weighted by atomic mass is 19.4. The molecule has 1 aromatic rings. The molecule has 2 rings (SSSR count). The number of amides is 1. The Balaban J connectivity index is 1.99. The van der Waals surface area contributed by atoms with Gasteiger partial charge in [-0.25, -0.2) is 4.79 Å². The van der Waals surface area contributed by atoms with E-state index >= 15 is 0 Å². The van der Waals surface area contributed by atoms with Crippen LogP contribution in [0.4, 0.5) is 23.7 Å². The fourth-order valence-corrected chi connectivity index (χ4v) is 2.40. The molecular weight excluding hydrogens is 341 g/mol. The summed E-state index contributed by atoms with van der Waals surface area (Å²) < 4.78 is 45.9. The van der Waals surface area contributed by atoms with Gasteiger partial charge >= 0.3 is 12.5 Å². The first kappa shape index (κ1) is 19.2. The molecule has 0 aromatic heterocycles. The van der Waals surface area contributed by atoms with E-state index in [2.05, 4.69) is 10.1 Å². The third kappa shape index (κ3) is 6.00. The number of carbonyl (C=O) groups excluding carboxylic acids is 1. The fraction of sp³-hybridized carbons (Fsp3) is 0.562. The number of anilines is 1. The lowest BCUT2D eigenvalue weighted by molar-refractivity contribution is -0.274. The minimum Gasteiger partial charge on any atom is -0.444 e. The Hall–Kier alpha value is -2.16. The lowest BCUT2D eigenvalue weighted by atomic mass is 10.2. The van der Waals surface area contributed by atoms with E-state index in [1.54, 1.807) is 26.8 Å². The van der Waals surface area contributed by atoms with E-state index < -0.39 is 30.2 Å². The fourth-order valence-electron chi connectivity index (χ4n) is 2.40. The average molecular weight is 362 g/mol. The normalized spacial score (nSPS) is 21.2. The Morgan fingerprint density at radius 3 is 2.56 bits per heavy atom. The molecule has 0 aliphatic carbocycles. The maximum atomic E-state index is 12.3. The third-order valence-corrected chi connectivity index (χ3v) is 3.36. The van der Waals surface area contributed by atoms with Gasteiger partial charge < -0.3 is 24.8 Å². The van der Waals surface area contributed by atoms with Crippen LogP contribution in [0.5, 0.6) is 5.75 Å². The monoisotopic (exact) mass is 362 g/mol. The molecule has 1 aliphatic rings. The van der Waals surface area contributed by atoms with Crippen molar-refractivity contribution in [1.82, 2.24) is 4.90 Å². The Kier molecular flexibility index (Phi) is 5.36. The lowest BCUT2D eigenvalue weighted by Gasteiger charge is -2.24. The summed E-state index contributed by atoms with van der Waals surface area (Å²) in [6, 6.07) is 4.77. The van der Waals surface area contributed by atoms with Crippen LogP contribution in [0.15, 0.2) is 24.3 Å². The number of aliphatic hydroxyl groups is 1. The van der Waals surface area contributed by atoms with Gasteiger partial charge in [0.2, 0.25) is 0 Å². The SMILES string of the molecule is CC(C)(C)OC(=O)N1C[C@H](Nc2cccc(OC(F)(F)F)c2)[C@@H](O)C1. The Morgan fingerprint density at radius 1 is 1.28 bits per heavy atom. The summed E-state index contributed by atoms with van der Waals surface area (Å²) in [5, 5.41) is 13.0. The van der Waals surface area contributed by atoms with E-state index in [9.17, 15) is 23.1 Å². The smallest absolute Gasteiger partial charge is 0.444 e. The van der Waals surface area contributed by atoms with Crippen molar-refractivity contribution in [3.05, 3.63) is 24.3 Å². The number of hydrogen-bond donors (Lipinski definition) is 2. The summed E-state index contributed by atoms with van der Waals surface area (Å²) in [4.78, 5) is 13.4. The summed E-state index contributed by atoms with van der Waals surface area (Å²) >= 11 is 0. The van der Waals surface area contributed by atoms with Crippen LogP contribution >= 0.6 is 0 Å². The number of alkyl halides is 3. The molecule has 25 heavy (non-hydrogen) atoms. The first-order valence-corrected chi connectivity index (χ1v) is 7.71. The van der Waals surface area contributed by atoms with Gasteiger partial charge in [0, 0.05) is 18.3 Å². The molecule has 2 atom stereocenters. The predicted octanol–water partition coefficient (Wildman–Crippen LogP) is 2.98. The number of aliphatic hydroxyl groups excluding tert-OH is 1. The van der Waals surface area contributed by atoms with Crippen LogP contribution in [0.2, 0.25) is 0 Å². The number of β-amino-alcohol motifs (C(OH)–C–C–N with tert-alkyl or cyclic N) is 1. The second-order valence-corrected chi connectivity index (χ2v) is 6.78. The lowest BCUT2D eigenvalue weighted by Crippen LogP contribution is -2.36. The van der Waals surface area contributed by atoms with E-state index in [-0.39, 0.29) is 18.8 Å². The summed E-state index contributed by atoms with van der Waals surface area (Å²) in [6.45, 7) is 5.45. The number of nitrogens with zero attached hydrogens (tertiary/aromatic N) is 1. The Bertz CT molecular complexity index is 616. The molecule has 140 valence electrons. The van der Waals surface area contributed by atoms with E-state index in [1.807, 2.05) is 0 Å². The van der Waals surface area contributed by atoms with Crippen molar-refractivity contribution in [3.63, 3.8) is 0 Å². The van der Waals surface area contributed by atoms with Crippen molar-refractivity contribution in [2.24, 2.45) is 0 Å². The zero-order valence-corrected chi connectivity index (χ0v) is 14.1. The number of benzene rings is 1. The van der Waals surface area contributed by atoms with Gasteiger partial charge in [-0.3, -0.25) is 0 Å². The largest absolute Gasteiger partial charge is 0.573 e. The van der Waals surface area contributed by atoms with E-state index in [1.165, 1.54) is 23.1 Å². The molecule has 1 saturated heterocycles. The van der Waals surface area contributed by atoms with Crippen LogP contribution in [0.3, 0.4) is 0 Å². The highest BCUT2D eigenvalue weighted by molar-refractivity contribution is 5.69. The topological polar surface area (TPSA) is 71.0 Å². The number of likely N-dealkylation sites (tertiary alicyclic amines) is 1. The van der Waals surface area contributed by atoms with Gasteiger partial charge in [-0.2, -0.15) is 0 Å². The molecule has 1 aliphatic heterocycles. The van der Waals surface area contributed by atoms with Gasteiger partial charge in [-0.05, 0) is 32.9 Å². The molecule has 0 spiro atoms. The van der Waals surface area contributed by atoms with Crippen LogP contribution in [0.25, 0.3) is 0 Å². The first-order valence-electron chi connectivity index (χ1n) is 7.71. The van der Waals surface area contributed by atoms with Gasteiger partial charge in [0.25, 0.3) is 0 Å². The van der Waals surface area contributed by atoms with Crippen molar-refractivity contribution in [1.29, 1.82) is 0 Å². The number of nitrogens with one attached hydrogen (secondary N) is 1. The van der Waals surface area contributed by atoms with Crippen molar-refractivity contribution >= 4 is 11.8 Å². The maximum absolute atomic E-state index is 12.3. The number of hydrogen-bond acceptors (Lipinski definition) is 5. The minimum absolute atomic E-state index is 0.0747. The zero-order chi connectivity index (χ0) is 18.8. The van der Waals surface area contributed by atoms with E-state index in [4.69, 9.17) is 4.74 Å². The van der Waals surface area contributed by atoms with Gasteiger partial charge in [-0.15, -0.1) is 13.2 Å². The number of ether oxygens (including phenoxy) is 2. The van der Waals surface area contributed by atoms with E-state index in [0.29, 0.717) is 5.69 Å². The Morgan fingerprint density at radius 2 is 1.96 bits per heavy atom. The first-order chi connectivity index (χ1) is 11.4. The standard InChI is InChI=1S/C16H21F3N2O4/c1-15(2,3)25-14(23)21-8-12(13(22)9-21)20-10-5-4-6-11(7-10)24-16(17,18)19/h4-7,12-13,20,22H,8-9H2,1-3H3/t12-,13-/m0/s1. The molecule has 6 nitrogen and oxygen atoms in total. The van der Waals surface area contributed by atoms with Crippen molar-refractivity contribution < 1.29 is 32.5 Å². The van der Waals surface area contributed by atoms with Crippen LogP contribution < -0.4 is 10.1 Å². The van der Waals surface area contributed by atoms with Gasteiger partial charge in [0.1, 0.15) is 11.4 Å². The zero-order valence-electron chi connectivity index (χ0n) is 14.1. The third-order valence-electron chi connectivity index (χ3n) is 3.36. The Labute approximate surface area is 143 Å². The molecule has 0 bridgehead atoms. The molecule has 1 heterocycles. The van der Waals surface area contributed by atoms with Gasteiger partial charge in [0.05, 0.1) is 18.7 Å². The second-order valence-electron chi connectivity index (χ2n) is 6.78. The highest BCUT2D eigenvalue weighted by Crippen LogP contribution is 2.26. The molecule has 1 fully saturated rings. The van der Waals surface area contributed by atoms with E-state index in [0.717, 1.165) is 0 Å². The summed E-state index contributed by atoms with van der Waals surface area (Å²) in [5.41, 5.74) is -0.312. The molecule has 0 radical (unpaired) electrons. The molecule has 2 N–H and O–H groups in total. The predicted molar refractivity (Wildman–Crippen MR) is 84.3 cm³/mol. The molecule has 1 aromatic carbocycles. The molecule has 1 amide bonds. The minimum atomic E-state index is -4.78. The van der Waals surface area contributed by atoms with Crippen molar-refractivity contribution in [3.8, 4) is 5.75 Å². The highest BCUT2D eigenvalue weighted by Gasteiger charge is 2.36. The van der Waals surface area contributed by atoms with Crippen LogP contribution in [-0.2, 0) is 4.74 Å². The molecule has 0 saturated carbocycles. The van der Waals surface area contributed by atoms with Crippen molar-refractivity contribution in [2.75, 3.05) is 18.4 Å². The molecule has 0 unspecified atom stereocenters. The van der Waals surface area contributed by atoms with Crippen LogP contribution in [0, 0.1) is 0 Å². The van der Waals surface area contributed by atoms with Gasteiger partial charge in [0.15, 0.2) is 0 Å². The summed E-state index contributed by atoms with van der Waals surface area (Å²) in [7, 11) is 0. The second kappa shape index (κ2) is 6.99. The maximum Gasteiger partial charge on any atom is 0.573 e. The number of carbonyl (C=O) groups is 1. The van der Waals surface area contributed by atoms with Gasteiger partial charge in [-0.1, -0.05) is 6.07 Å². The number of rotatable bonds is 3. The molecular formula is C16H21F3N2O4.